The summed E-state index contributed by atoms with van der Waals surface area (Å²) in [5.41, 5.74) is 2.44. The zero-order chi connectivity index (χ0) is 21.2. The Morgan fingerprint density at radius 3 is 2.61 bits per heavy atom. The van der Waals surface area contributed by atoms with Gasteiger partial charge < -0.3 is 18.8 Å². The lowest BCUT2D eigenvalue weighted by molar-refractivity contribution is -0.958. The summed E-state index contributed by atoms with van der Waals surface area (Å²) in [4.78, 5) is 14.4. The van der Waals surface area contributed by atoms with Crippen molar-refractivity contribution in [2.75, 3.05) is 7.11 Å². The van der Waals surface area contributed by atoms with Crippen LogP contribution in [-0.4, -0.2) is 31.3 Å². The topological polar surface area (TPSA) is 53.1 Å². The minimum atomic E-state index is -0.390. The number of carbonyl (C=O) groups excluding carboxylic acids is 1. The highest BCUT2D eigenvalue weighted by Gasteiger charge is 2.53. The van der Waals surface area contributed by atoms with E-state index in [-0.39, 0.29) is 29.8 Å². The van der Waals surface area contributed by atoms with Crippen LogP contribution in [0.4, 0.5) is 0 Å². The fourth-order valence-corrected chi connectivity index (χ4v) is 5.54. The number of hydrogen-bond acceptors (Lipinski definition) is 4. The molecule has 0 aliphatic carbocycles. The van der Waals surface area contributed by atoms with Gasteiger partial charge in [-0.25, -0.2) is 4.79 Å². The Morgan fingerprint density at radius 1 is 1.03 bits per heavy atom. The maximum Gasteiger partial charge on any atom is 0.374 e. The molecule has 5 heteroatoms. The van der Waals surface area contributed by atoms with Gasteiger partial charge in [-0.05, 0) is 18.2 Å². The Kier molecular flexibility index (Phi) is 5.51. The van der Waals surface area contributed by atoms with E-state index >= 15 is 0 Å². The van der Waals surface area contributed by atoms with Gasteiger partial charge in [0, 0.05) is 36.3 Å². The van der Waals surface area contributed by atoms with E-state index < -0.39 is 0 Å². The predicted molar refractivity (Wildman–Crippen MR) is 116 cm³/mol. The van der Waals surface area contributed by atoms with Gasteiger partial charge in [0.05, 0.1) is 19.4 Å². The van der Waals surface area contributed by atoms with Crippen LogP contribution in [0.15, 0.2) is 77.4 Å². The van der Waals surface area contributed by atoms with Crippen molar-refractivity contribution in [3.8, 4) is 5.75 Å². The molecule has 0 amide bonds. The lowest BCUT2D eigenvalue weighted by Crippen LogP contribution is -3.18. The molecular weight excluding hydrogens is 390 g/mol. The van der Waals surface area contributed by atoms with Crippen molar-refractivity contribution in [3.05, 3.63) is 89.9 Å². The maximum atomic E-state index is 12.9. The molecule has 0 saturated carbocycles. The second-order valence-electron chi connectivity index (χ2n) is 8.55. The average molecular weight is 419 g/mol. The first kappa shape index (κ1) is 19.9. The monoisotopic (exact) mass is 418 g/mol. The highest BCUT2D eigenvalue weighted by Crippen LogP contribution is 2.40. The zero-order valence-corrected chi connectivity index (χ0v) is 17.7. The van der Waals surface area contributed by atoms with Crippen molar-refractivity contribution in [1.82, 2.24) is 0 Å². The summed E-state index contributed by atoms with van der Waals surface area (Å²) in [5.74, 6) is 0.826. The summed E-state index contributed by atoms with van der Waals surface area (Å²) in [5, 5.41) is 0. The van der Waals surface area contributed by atoms with E-state index in [1.165, 1.54) is 16.7 Å². The number of piperidine rings is 1. The van der Waals surface area contributed by atoms with Crippen LogP contribution in [-0.2, 0) is 11.3 Å². The smallest absolute Gasteiger partial charge is 0.374 e. The third-order valence-electron chi connectivity index (χ3n) is 6.91. The summed E-state index contributed by atoms with van der Waals surface area (Å²) < 4.78 is 17.2. The first-order valence-corrected chi connectivity index (χ1v) is 11.0. The number of rotatable bonds is 6. The molecule has 1 aromatic heterocycles. The largest absolute Gasteiger partial charge is 0.496 e. The highest BCUT2D eigenvalue weighted by molar-refractivity contribution is 5.86. The van der Waals surface area contributed by atoms with Gasteiger partial charge in [-0.15, -0.1) is 0 Å². The number of nitrogens with one attached hydrogen (secondary N) is 1. The van der Waals surface area contributed by atoms with Crippen molar-refractivity contribution >= 4 is 5.97 Å². The van der Waals surface area contributed by atoms with Gasteiger partial charge in [-0.2, -0.15) is 0 Å². The number of ether oxygens (including phenoxy) is 2. The minimum Gasteiger partial charge on any atom is -0.496 e. The molecule has 1 unspecified atom stereocenters. The summed E-state index contributed by atoms with van der Waals surface area (Å²) in [6.45, 7) is 0.948. The lowest BCUT2D eigenvalue weighted by Gasteiger charge is -2.41. The molecule has 5 atom stereocenters. The van der Waals surface area contributed by atoms with E-state index in [9.17, 15) is 4.79 Å². The van der Waals surface area contributed by atoms with E-state index in [0.29, 0.717) is 6.04 Å². The van der Waals surface area contributed by atoms with Gasteiger partial charge >= 0.3 is 5.97 Å². The van der Waals surface area contributed by atoms with Crippen LogP contribution in [0.3, 0.4) is 0 Å². The number of carbonyl (C=O) groups is 1. The van der Waals surface area contributed by atoms with Gasteiger partial charge in [0.25, 0.3) is 0 Å². The summed E-state index contributed by atoms with van der Waals surface area (Å²) in [6, 6.07) is 22.9. The first-order valence-electron chi connectivity index (χ1n) is 11.0. The van der Waals surface area contributed by atoms with Crippen LogP contribution in [0.1, 0.15) is 46.9 Å². The summed E-state index contributed by atoms with van der Waals surface area (Å²) in [6.07, 6.45) is 4.44. The Hall–Kier alpha value is -3.05. The van der Waals surface area contributed by atoms with Gasteiger partial charge in [-0.1, -0.05) is 48.5 Å². The fraction of sp³-hybridized carbons (Fsp3) is 0.346. The summed E-state index contributed by atoms with van der Waals surface area (Å²) >= 11 is 0. The molecule has 5 nitrogen and oxygen atoms in total. The van der Waals surface area contributed by atoms with Crippen LogP contribution >= 0.6 is 0 Å². The third kappa shape index (κ3) is 3.86. The number of quaternary nitrogens is 1. The molecule has 2 fully saturated rings. The van der Waals surface area contributed by atoms with Gasteiger partial charge in [0.15, 0.2) is 6.10 Å². The number of hydrogen-bond donors (Lipinski definition) is 1. The number of fused-ring (bicyclic) bond motifs is 2. The van der Waals surface area contributed by atoms with E-state index in [4.69, 9.17) is 13.9 Å². The molecule has 3 aromatic rings. The number of methoxy groups -OCH3 is 1. The van der Waals surface area contributed by atoms with Gasteiger partial charge in [-0.3, -0.25) is 0 Å². The number of benzene rings is 2. The third-order valence-corrected chi connectivity index (χ3v) is 6.91. The Morgan fingerprint density at radius 2 is 1.84 bits per heavy atom. The van der Waals surface area contributed by atoms with Crippen molar-refractivity contribution < 1.29 is 23.6 Å². The number of para-hydroxylation sites is 1. The van der Waals surface area contributed by atoms with Gasteiger partial charge in [0.1, 0.15) is 18.3 Å². The molecule has 2 saturated heterocycles. The van der Waals surface area contributed by atoms with Crippen LogP contribution in [0, 0.1) is 0 Å². The zero-order valence-electron chi connectivity index (χ0n) is 17.7. The van der Waals surface area contributed by atoms with Crippen molar-refractivity contribution in [1.29, 1.82) is 0 Å². The molecule has 2 bridgehead atoms. The number of furan rings is 1. The Balaban J connectivity index is 1.48. The Labute approximate surface area is 182 Å². The second kappa shape index (κ2) is 8.60. The molecule has 160 valence electrons. The van der Waals surface area contributed by atoms with E-state index in [1.807, 2.05) is 18.2 Å². The van der Waals surface area contributed by atoms with Crippen molar-refractivity contribution in [2.45, 2.75) is 49.9 Å². The normalized spacial score (nSPS) is 27.1. The predicted octanol–water partition coefficient (Wildman–Crippen LogP) is 3.62. The van der Waals surface area contributed by atoms with E-state index in [0.717, 1.165) is 37.1 Å². The molecule has 31 heavy (non-hydrogen) atoms. The molecular formula is C26H28NO4+. The fourth-order valence-electron chi connectivity index (χ4n) is 5.54. The van der Waals surface area contributed by atoms with Crippen LogP contribution in [0.5, 0.6) is 5.75 Å². The number of esters is 1. The van der Waals surface area contributed by atoms with Crippen LogP contribution < -0.4 is 9.64 Å². The van der Waals surface area contributed by atoms with E-state index in [1.54, 1.807) is 19.2 Å². The maximum absolute atomic E-state index is 12.9. The molecule has 2 aromatic carbocycles. The molecule has 0 radical (unpaired) electrons. The second-order valence-corrected chi connectivity index (χ2v) is 8.55. The molecule has 3 heterocycles. The Bertz CT molecular complexity index is 1020. The van der Waals surface area contributed by atoms with Gasteiger partial charge in [0.2, 0.25) is 5.76 Å². The minimum absolute atomic E-state index is 0.104. The molecule has 1 N–H and O–H groups in total. The van der Waals surface area contributed by atoms with Crippen molar-refractivity contribution in [2.24, 2.45) is 0 Å². The molecule has 5 rings (SSSR count). The van der Waals surface area contributed by atoms with E-state index in [2.05, 4.69) is 36.4 Å². The van der Waals surface area contributed by atoms with Crippen LogP contribution in [0.25, 0.3) is 0 Å². The average Bonchev–Trinajstić information content (AvgIpc) is 3.44. The lowest BCUT2D eigenvalue weighted by atomic mass is 9.81. The SMILES string of the molecule is COc1ccccc1[C@@H]1C[C@H]2CC[C@@H]([C@@H]1OC(=O)c1ccco1)[NH+]2Cc1ccccc1. The molecule has 2 aliphatic heterocycles. The first-order chi connectivity index (χ1) is 15.2. The molecule has 0 spiro atoms. The van der Waals surface area contributed by atoms with Crippen molar-refractivity contribution in [3.63, 3.8) is 0 Å². The molecule has 2 aliphatic rings. The van der Waals surface area contributed by atoms with Crippen LogP contribution in [0.2, 0.25) is 0 Å². The summed E-state index contributed by atoms with van der Waals surface area (Å²) in [7, 11) is 1.70. The standard InChI is InChI=1S/C26H27NO4/c1-29-23-11-6-5-10-20(23)21-16-19-13-14-22(27(19)17-18-8-3-2-4-9-18)25(21)31-26(28)24-12-7-15-30-24/h2-12,15,19,21-22,25H,13-14,16-17H2,1H3/p+1/t19-,21+,22+,25-/m1/s1. The highest BCUT2D eigenvalue weighted by atomic mass is 16.6. The quantitative estimate of drug-likeness (QED) is 0.622.